The van der Waals surface area contributed by atoms with E-state index in [1.54, 1.807) is 18.2 Å². The quantitative estimate of drug-likeness (QED) is 0.662. The van der Waals surface area contributed by atoms with Gasteiger partial charge in [-0.1, -0.05) is 32.0 Å². The molecule has 1 fully saturated rings. The number of anilines is 1. The minimum atomic E-state index is -4.10. The molecule has 0 radical (unpaired) electrons. The summed E-state index contributed by atoms with van der Waals surface area (Å²) in [5.74, 6) is -2.99. The largest absolute Gasteiger partial charge is 0.354 e. The molecule has 33 heavy (non-hydrogen) atoms. The first-order chi connectivity index (χ1) is 15.5. The second kappa shape index (κ2) is 9.56. The number of piperazine rings is 1. The molecular weight excluding hydrogens is 452 g/mol. The van der Waals surface area contributed by atoms with Gasteiger partial charge in [0.25, 0.3) is 0 Å². The van der Waals surface area contributed by atoms with Crippen LogP contribution in [0.3, 0.4) is 0 Å². The smallest absolute Gasteiger partial charge is 0.247 e. The van der Waals surface area contributed by atoms with Gasteiger partial charge in [-0.15, -0.1) is 0 Å². The van der Waals surface area contributed by atoms with E-state index in [4.69, 9.17) is 0 Å². The molecule has 1 aliphatic rings. The van der Waals surface area contributed by atoms with Crippen molar-refractivity contribution in [1.29, 1.82) is 0 Å². The van der Waals surface area contributed by atoms with Gasteiger partial charge in [0.05, 0.1) is 17.1 Å². The van der Waals surface area contributed by atoms with Gasteiger partial charge in [0.1, 0.15) is 17.2 Å². The fraction of sp³-hybridized carbons (Fsp3) is 0.391. The van der Waals surface area contributed by atoms with Gasteiger partial charge in [-0.05, 0) is 43.5 Å². The highest BCUT2D eigenvalue weighted by molar-refractivity contribution is 7.89. The molecule has 2 aromatic rings. The zero-order valence-corrected chi connectivity index (χ0v) is 19.5. The molecule has 1 saturated heterocycles. The van der Waals surface area contributed by atoms with Crippen LogP contribution >= 0.6 is 0 Å². The molecule has 0 saturated carbocycles. The van der Waals surface area contributed by atoms with Crippen molar-refractivity contribution in [3.8, 4) is 0 Å². The van der Waals surface area contributed by atoms with E-state index in [-0.39, 0.29) is 10.6 Å². The second-order valence-corrected chi connectivity index (χ2v) is 10.6. The first kappa shape index (κ1) is 24.8. The van der Waals surface area contributed by atoms with E-state index in [1.807, 2.05) is 13.8 Å². The third-order valence-electron chi connectivity index (χ3n) is 5.57. The molecule has 3 rings (SSSR count). The zero-order chi connectivity index (χ0) is 24.4. The van der Waals surface area contributed by atoms with Crippen molar-refractivity contribution < 1.29 is 26.8 Å². The normalized spacial score (nSPS) is 19.7. The van der Waals surface area contributed by atoms with Crippen LogP contribution in [0.15, 0.2) is 53.4 Å². The lowest BCUT2D eigenvalue weighted by molar-refractivity contribution is -0.133. The number of benzene rings is 2. The standard InChI is InChI=1S/C23H27F2N3O4S/c1-16(2)11-12-26-22(30)23(3)15-27(33(31,32)18-7-5-4-6-8-18)14-21(29)28(23)20-10-9-17(24)13-19(20)25/h4-10,13,16H,11-12,14-15H2,1-3H3,(H,26,30). The molecule has 0 bridgehead atoms. The Morgan fingerprint density at radius 1 is 1.15 bits per heavy atom. The lowest BCUT2D eigenvalue weighted by Gasteiger charge is -2.46. The van der Waals surface area contributed by atoms with Gasteiger partial charge in [0, 0.05) is 19.2 Å². The summed E-state index contributed by atoms with van der Waals surface area (Å²) in [4.78, 5) is 27.4. The van der Waals surface area contributed by atoms with Crippen molar-refractivity contribution >= 4 is 27.5 Å². The number of carbonyl (C=O) groups excluding carboxylic acids is 2. The van der Waals surface area contributed by atoms with Crippen molar-refractivity contribution in [1.82, 2.24) is 9.62 Å². The number of nitrogens with one attached hydrogen (secondary N) is 1. The van der Waals surface area contributed by atoms with Crippen LogP contribution in [0.25, 0.3) is 0 Å². The number of nitrogens with zero attached hydrogens (tertiary/aromatic N) is 2. The Morgan fingerprint density at radius 3 is 2.42 bits per heavy atom. The summed E-state index contributed by atoms with van der Waals surface area (Å²) in [5.41, 5.74) is -2.06. The average molecular weight is 480 g/mol. The summed E-state index contributed by atoms with van der Waals surface area (Å²) in [6, 6.07) is 10.2. The summed E-state index contributed by atoms with van der Waals surface area (Å²) in [7, 11) is -4.10. The molecule has 7 nitrogen and oxygen atoms in total. The molecule has 1 heterocycles. The fourth-order valence-electron chi connectivity index (χ4n) is 3.78. The van der Waals surface area contributed by atoms with Crippen LogP contribution in [-0.2, 0) is 19.6 Å². The molecule has 2 amide bonds. The summed E-state index contributed by atoms with van der Waals surface area (Å²) in [6.45, 7) is 4.64. The summed E-state index contributed by atoms with van der Waals surface area (Å²) in [6.07, 6.45) is 0.659. The van der Waals surface area contributed by atoms with E-state index in [1.165, 1.54) is 19.1 Å². The Balaban J connectivity index is 2.04. The molecule has 178 valence electrons. The first-order valence-corrected chi connectivity index (χ1v) is 12.0. The number of amides is 2. The monoisotopic (exact) mass is 479 g/mol. The Labute approximate surface area is 192 Å². The van der Waals surface area contributed by atoms with Gasteiger partial charge in [0.2, 0.25) is 21.8 Å². The van der Waals surface area contributed by atoms with Crippen LogP contribution in [0.1, 0.15) is 27.2 Å². The topological polar surface area (TPSA) is 86.8 Å². The molecular formula is C23H27F2N3O4S. The molecule has 1 atom stereocenters. The Kier molecular flexibility index (Phi) is 7.18. The Hall–Kier alpha value is -2.85. The number of sulfonamides is 1. The molecule has 0 aliphatic carbocycles. The van der Waals surface area contributed by atoms with Gasteiger partial charge in [-0.25, -0.2) is 17.2 Å². The first-order valence-electron chi connectivity index (χ1n) is 10.6. The minimum Gasteiger partial charge on any atom is -0.354 e. The molecule has 1 unspecified atom stereocenters. The predicted octanol–water partition coefficient (Wildman–Crippen LogP) is 2.92. The number of hydrogen-bond donors (Lipinski definition) is 1. The van der Waals surface area contributed by atoms with Crippen LogP contribution < -0.4 is 10.2 Å². The molecule has 2 aromatic carbocycles. The molecule has 1 N–H and O–H groups in total. The van der Waals surface area contributed by atoms with Crippen LogP contribution in [0, 0.1) is 17.6 Å². The van der Waals surface area contributed by atoms with E-state index in [9.17, 15) is 26.8 Å². The van der Waals surface area contributed by atoms with Crippen LogP contribution in [-0.4, -0.2) is 49.7 Å². The molecule has 0 aromatic heterocycles. The molecule has 1 aliphatic heterocycles. The van der Waals surface area contributed by atoms with E-state index in [0.717, 1.165) is 21.3 Å². The van der Waals surface area contributed by atoms with E-state index >= 15 is 0 Å². The summed E-state index contributed by atoms with van der Waals surface area (Å²) < 4.78 is 55.5. The Morgan fingerprint density at radius 2 is 1.82 bits per heavy atom. The lowest BCUT2D eigenvalue weighted by Crippen LogP contribution is -2.70. The van der Waals surface area contributed by atoms with Gasteiger partial charge in [-0.2, -0.15) is 4.31 Å². The van der Waals surface area contributed by atoms with Gasteiger partial charge < -0.3 is 5.32 Å². The maximum Gasteiger partial charge on any atom is 0.247 e. The van der Waals surface area contributed by atoms with E-state index in [0.29, 0.717) is 24.9 Å². The minimum absolute atomic E-state index is 0.0261. The fourth-order valence-corrected chi connectivity index (χ4v) is 5.28. The van der Waals surface area contributed by atoms with E-state index < -0.39 is 52.1 Å². The third kappa shape index (κ3) is 5.06. The van der Waals surface area contributed by atoms with Crippen molar-refractivity contribution in [3.63, 3.8) is 0 Å². The SMILES string of the molecule is CC(C)CCNC(=O)C1(C)CN(S(=O)(=O)c2ccccc2)CC(=O)N1c1ccc(F)cc1F. The van der Waals surface area contributed by atoms with Crippen molar-refractivity contribution in [2.75, 3.05) is 24.5 Å². The molecule has 10 heteroatoms. The van der Waals surface area contributed by atoms with Crippen molar-refractivity contribution in [3.05, 3.63) is 60.2 Å². The summed E-state index contributed by atoms with van der Waals surface area (Å²) in [5, 5.41) is 2.74. The lowest BCUT2D eigenvalue weighted by atomic mass is 9.94. The van der Waals surface area contributed by atoms with Crippen LogP contribution in [0.4, 0.5) is 14.5 Å². The zero-order valence-electron chi connectivity index (χ0n) is 18.7. The number of halogens is 2. The van der Waals surface area contributed by atoms with Crippen LogP contribution in [0.5, 0.6) is 0 Å². The van der Waals surface area contributed by atoms with Crippen LogP contribution in [0.2, 0.25) is 0 Å². The van der Waals surface area contributed by atoms with Gasteiger partial charge in [0.15, 0.2) is 0 Å². The van der Waals surface area contributed by atoms with E-state index in [2.05, 4.69) is 5.32 Å². The highest BCUT2D eigenvalue weighted by Gasteiger charge is 2.51. The van der Waals surface area contributed by atoms with Crippen molar-refractivity contribution in [2.45, 2.75) is 37.6 Å². The van der Waals surface area contributed by atoms with Crippen molar-refractivity contribution in [2.24, 2.45) is 5.92 Å². The molecule has 0 spiro atoms. The number of hydrogen-bond acceptors (Lipinski definition) is 4. The maximum atomic E-state index is 14.7. The van der Waals surface area contributed by atoms with Gasteiger partial charge in [-0.3, -0.25) is 14.5 Å². The highest BCUT2D eigenvalue weighted by Crippen LogP contribution is 2.34. The number of carbonyl (C=O) groups is 2. The second-order valence-electron chi connectivity index (χ2n) is 8.62. The predicted molar refractivity (Wildman–Crippen MR) is 120 cm³/mol. The third-order valence-corrected chi connectivity index (χ3v) is 7.37. The Bertz CT molecular complexity index is 1140. The summed E-state index contributed by atoms with van der Waals surface area (Å²) >= 11 is 0. The maximum absolute atomic E-state index is 14.7. The van der Waals surface area contributed by atoms with Gasteiger partial charge >= 0.3 is 0 Å². The highest BCUT2D eigenvalue weighted by atomic mass is 32.2. The number of rotatable bonds is 7. The average Bonchev–Trinajstić information content (AvgIpc) is 2.75.